The predicted molar refractivity (Wildman–Crippen MR) is 53.9 cm³/mol. The summed E-state index contributed by atoms with van der Waals surface area (Å²) in [7, 11) is 0. The summed E-state index contributed by atoms with van der Waals surface area (Å²) in [4.78, 5) is 15.6. The second-order valence-corrected chi connectivity index (χ2v) is 3.81. The van der Waals surface area contributed by atoms with Crippen LogP contribution in [0.1, 0.15) is 30.3 Å². The first-order valence-electron chi connectivity index (χ1n) is 4.99. The number of rotatable bonds is 3. The normalized spacial score (nSPS) is 17.5. The van der Waals surface area contributed by atoms with Gasteiger partial charge in [0.05, 0.1) is 0 Å². The monoisotopic (exact) mass is 190 g/mol. The van der Waals surface area contributed by atoms with Crippen LogP contribution in [-0.2, 0) is 0 Å². The van der Waals surface area contributed by atoms with Crippen LogP contribution in [0.25, 0.3) is 0 Å². The molecule has 1 heterocycles. The average Bonchev–Trinajstić information content (AvgIpc) is 3.02. The molecular formula is C11H14N2O. The van der Waals surface area contributed by atoms with Gasteiger partial charge in [-0.05, 0) is 37.8 Å². The first kappa shape index (κ1) is 9.19. The minimum absolute atomic E-state index is 0.0648. The van der Waals surface area contributed by atoms with Crippen LogP contribution in [0.5, 0.6) is 0 Å². The van der Waals surface area contributed by atoms with Crippen LogP contribution in [0.3, 0.4) is 0 Å². The lowest BCUT2D eigenvalue weighted by molar-refractivity contribution is 0.0931. The van der Waals surface area contributed by atoms with Gasteiger partial charge in [0.15, 0.2) is 0 Å². The maximum absolute atomic E-state index is 11.6. The van der Waals surface area contributed by atoms with Crippen LogP contribution in [0.4, 0.5) is 0 Å². The largest absolute Gasteiger partial charge is 0.348 e. The molecule has 1 aromatic rings. The maximum Gasteiger partial charge on any atom is 0.270 e. The van der Waals surface area contributed by atoms with Gasteiger partial charge in [0, 0.05) is 12.2 Å². The molecule has 1 N–H and O–H groups in total. The first-order chi connectivity index (χ1) is 6.77. The second-order valence-electron chi connectivity index (χ2n) is 3.81. The summed E-state index contributed by atoms with van der Waals surface area (Å²) in [6.45, 7) is 2.05. The summed E-state index contributed by atoms with van der Waals surface area (Å²) >= 11 is 0. The van der Waals surface area contributed by atoms with E-state index in [1.807, 2.05) is 6.07 Å². The molecule has 0 saturated heterocycles. The lowest BCUT2D eigenvalue weighted by Gasteiger charge is -2.11. The van der Waals surface area contributed by atoms with Crippen molar-refractivity contribution < 1.29 is 4.79 Å². The van der Waals surface area contributed by atoms with Crippen LogP contribution in [-0.4, -0.2) is 16.9 Å². The third-order valence-electron chi connectivity index (χ3n) is 2.59. The standard InChI is InChI=1S/C11H14N2O/c1-8(9-5-6-9)13-11(14)10-4-2-3-7-12-10/h2-4,7-9H,5-6H2,1H3,(H,13,14). The van der Waals surface area contributed by atoms with Crippen molar-refractivity contribution in [3.63, 3.8) is 0 Å². The van der Waals surface area contributed by atoms with E-state index in [0.29, 0.717) is 11.6 Å². The minimum atomic E-state index is -0.0648. The van der Waals surface area contributed by atoms with E-state index in [4.69, 9.17) is 0 Å². The van der Waals surface area contributed by atoms with E-state index >= 15 is 0 Å². The molecule has 1 unspecified atom stereocenters. The smallest absolute Gasteiger partial charge is 0.270 e. The zero-order valence-corrected chi connectivity index (χ0v) is 8.23. The second kappa shape index (κ2) is 3.78. The van der Waals surface area contributed by atoms with Gasteiger partial charge >= 0.3 is 0 Å². The molecule has 3 heteroatoms. The van der Waals surface area contributed by atoms with E-state index in [2.05, 4.69) is 17.2 Å². The van der Waals surface area contributed by atoms with E-state index in [9.17, 15) is 4.79 Å². The van der Waals surface area contributed by atoms with Gasteiger partial charge in [0.25, 0.3) is 5.91 Å². The molecular weight excluding hydrogens is 176 g/mol. The Balaban J connectivity index is 1.95. The summed E-state index contributed by atoms with van der Waals surface area (Å²) in [5.74, 6) is 0.618. The molecule has 1 aromatic heterocycles. The highest BCUT2D eigenvalue weighted by Gasteiger charge is 2.29. The van der Waals surface area contributed by atoms with Crippen molar-refractivity contribution in [3.8, 4) is 0 Å². The number of nitrogens with zero attached hydrogens (tertiary/aromatic N) is 1. The predicted octanol–water partition coefficient (Wildman–Crippen LogP) is 1.61. The third-order valence-corrected chi connectivity index (χ3v) is 2.59. The maximum atomic E-state index is 11.6. The van der Waals surface area contributed by atoms with Gasteiger partial charge in [-0.25, -0.2) is 0 Å². The molecule has 1 aliphatic rings. The number of nitrogens with one attached hydrogen (secondary N) is 1. The Labute approximate surface area is 83.5 Å². The molecule has 0 spiro atoms. The van der Waals surface area contributed by atoms with Crippen LogP contribution < -0.4 is 5.32 Å². The fraction of sp³-hybridized carbons (Fsp3) is 0.455. The Kier molecular flexibility index (Phi) is 2.48. The summed E-state index contributed by atoms with van der Waals surface area (Å²) in [5, 5.41) is 2.96. The van der Waals surface area contributed by atoms with Gasteiger partial charge in [-0.3, -0.25) is 9.78 Å². The van der Waals surface area contributed by atoms with Gasteiger partial charge in [0.2, 0.25) is 0 Å². The molecule has 0 radical (unpaired) electrons. The summed E-state index contributed by atoms with van der Waals surface area (Å²) < 4.78 is 0. The average molecular weight is 190 g/mol. The number of carbonyl (C=O) groups excluding carboxylic acids is 1. The lowest BCUT2D eigenvalue weighted by atomic mass is 10.2. The van der Waals surface area contributed by atoms with Crippen molar-refractivity contribution in [2.75, 3.05) is 0 Å². The van der Waals surface area contributed by atoms with Crippen LogP contribution in [0, 0.1) is 5.92 Å². The van der Waals surface area contributed by atoms with Crippen molar-refractivity contribution >= 4 is 5.91 Å². The fourth-order valence-corrected chi connectivity index (χ4v) is 1.49. The van der Waals surface area contributed by atoms with Crippen molar-refractivity contribution in [2.24, 2.45) is 5.92 Å². The molecule has 1 atom stereocenters. The molecule has 3 nitrogen and oxygen atoms in total. The topological polar surface area (TPSA) is 42.0 Å². The molecule has 0 aliphatic heterocycles. The molecule has 1 fully saturated rings. The van der Waals surface area contributed by atoms with Gasteiger partial charge < -0.3 is 5.32 Å². The van der Waals surface area contributed by atoms with Crippen molar-refractivity contribution in [2.45, 2.75) is 25.8 Å². The molecule has 1 aliphatic carbocycles. The quantitative estimate of drug-likeness (QED) is 0.786. The molecule has 2 rings (SSSR count). The Bertz CT molecular complexity index is 319. The zero-order valence-electron chi connectivity index (χ0n) is 8.23. The fourth-order valence-electron chi connectivity index (χ4n) is 1.49. The first-order valence-corrected chi connectivity index (χ1v) is 4.99. The van der Waals surface area contributed by atoms with Crippen molar-refractivity contribution in [1.82, 2.24) is 10.3 Å². The number of carbonyl (C=O) groups is 1. The highest BCUT2D eigenvalue weighted by molar-refractivity contribution is 5.92. The Hall–Kier alpha value is -1.38. The Morgan fingerprint density at radius 3 is 2.93 bits per heavy atom. The highest BCUT2D eigenvalue weighted by Crippen LogP contribution is 2.32. The number of hydrogen-bond donors (Lipinski definition) is 1. The van der Waals surface area contributed by atoms with E-state index in [1.165, 1.54) is 12.8 Å². The van der Waals surface area contributed by atoms with Gasteiger partial charge in [-0.2, -0.15) is 0 Å². The van der Waals surface area contributed by atoms with Gasteiger partial charge in [-0.1, -0.05) is 6.07 Å². The molecule has 14 heavy (non-hydrogen) atoms. The molecule has 0 bridgehead atoms. The van der Waals surface area contributed by atoms with Gasteiger partial charge in [-0.15, -0.1) is 0 Å². The number of hydrogen-bond acceptors (Lipinski definition) is 2. The van der Waals surface area contributed by atoms with E-state index in [-0.39, 0.29) is 11.9 Å². The number of aromatic nitrogens is 1. The number of amides is 1. The summed E-state index contributed by atoms with van der Waals surface area (Å²) in [6, 6.07) is 5.64. The summed E-state index contributed by atoms with van der Waals surface area (Å²) in [6.07, 6.45) is 4.12. The highest BCUT2D eigenvalue weighted by atomic mass is 16.1. The van der Waals surface area contributed by atoms with Gasteiger partial charge in [0.1, 0.15) is 5.69 Å². The molecule has 1 saturated carbocycles. The molecule has 0 aromatic carbocycles. The Morgan fingerprint density at radius 1 is 1.57 bits per heavy atom. The number of pyridine rings is 1. The Morgan fingerprint density at radius 2 is 2.36 bits per heavy atom. The van der Waals surface area contributed by atoms with E-state index in [0.717, 1.165) is 0 Å². The van der Waals surface area contributed by atoms with E-state index in [1.54, 1.807) is 18.3 Å². The SMILES string of the molecule is CC(NC(=O)c1ccccn1)C1CC1. The van der Waals surface area contributed by atoms with Crippen LogP contribution in [0.2, 0.25) is 0 Å². The summed E-state index contributed by atoms with van der Waals surface area (Å²) in [5.41, 5.74) is 0.500. The lowest BCUT2D eigenvalue weighted by Crippen LogP contribution is -2.34. The molecule has 74 valence electrons. The van der Waals surface area contributed by atoms with Crippen LogP contribution in [0.15, 0.2) is 24.4 Å². The zero-order chi connectivity index (χ0) is 9.97. The third kappa shape index (κ3) is 2.10. The van der Waals surface area contributed by atoms with Crippen molar-refractivity contribution in [3.05, 3.63) is 30.1 Å². The van der Waals surface area contributed by atoms with Crippen LogP contribution >= 0.6 is 0 Å². The van der Waals surface area contributed by atoms with Crippen molar-refractivity contribution in [1.29, 1.82) is 0 Å². The molecule has 1 amide bonds. The minimum Gasteiger partial charge on any atom is -0.348 e. The van der Waals surface area contributed by atoms with E-state index < -0.39 is 0 Å².